The summed E-state index contributed by atoms with van der Waals surface area (Å²) in [7, 11) is 2.09. The van der Waals surface area contributed by atoms with Crippen molar-refractivity contribution in [2.75, 3.05) is 20.1 Å². The van der Waals surface area contributed by atoms with Gasteiger partial charge in [-0.1, -0.05) is 18.2 Å². The number of hydrogen-bond donors (Lipinski definition) is 1. The molecule has 0 fully saturated rings. The van der Waals surface area contributed by atoms with Crippen LogP contribution in [0.3, 0.4) is 0 Å². The van der Waals surface area contributed by atoms with E-state index in [1.165, 1.54) is 11.1 Å². The quantitative estimate of drug-likeness (QED) is 0.708. The van der Waals surface area contributed by atoms with Crippen molar-refractivity contribution in [1.29, 1.82) is 0 Å². The van der Waals surface area contributed by atoms with Gasteiger partial charge in [0.1, 0.15) is 5.60 Å². The van der Waals surface area contributed by atoms with Gasteiger partial charge in [0.25, 0.3) is 0 Å². The topological polar surface area (TPSA) is 70.1 Å². The molecule has 2 unspecified atom stereocenters. The van der Waals surface area contributed by atoms with Crippen LogP contribution in [-0.2, 0) is 4.74 Å². The molecule has 3 aliphatic heterocycles. The SMILES string of the molecule is CN1NC2=C3C(=NC(C4=CCN(C(=O)OC(C)(C)C)CC4)CC31)c1ncccc1C=C2. The Morgan fingerprint density at radius 1 is 1.29 bits per heavy atom. The van der Waals surface area contributed by atoms with E-state index in [2.05, 4.69) is 46.8 Å². The highest BCUT2D eigenvalue weighted by molar-refractivity contribution is 6.16. The van der Waals surface area contributed by atoms with Crippen LogP contribution in [-0.4, -0.2) is 64.5 Å². The van der Waals surface area contributed by atoms with Crippen molar-refractivity contribution in [1.82, 2.24) is 20.3 Å². The van der Waals surface area contributed by atoms with Crippen LogP contribution in [0.25, 0.3) is 6.08 Å². The number of amides is 1. The van der Waals surface area contributed by atoms with E-state index in [4.69, 9.17) is 9.73 Å². The van der Waals surface area contributed by atoms with Crippen molar-refractivity contribution >= 4 is 17.9 Å². The molecule has 7 nitrogen and oxygen atoms in total. The molecule has 1 aromatic heterocycles. The van der Waals surface area contributed by atoms with Gasteiger partial charge in [0.05, 0.1) is 29.2 Å². The van der Waals surface area contributed by atoms with Gasteiger partial charge in [0, 0.05) is 37.5 Å². The molecule has 162 valence electrons. The van der Waals surface area contributed by atoms with E-state index < -0.39 is 5.60 Å². The number of aliphatic imine (C=N–C) groups is 1. The number of fused-ring (bicyclic) bond motifs is 2. The van der Waals surface area contributed by atoms with E-state index in [9.17, 15) is 4.79 Å². The zero-order valence-electron chi connectivity index (χ0n) is 18.6. The summed E-state index contributed by atoms with van der Waals surface area (Å²) in [6, 6.07) is 4.38. The molecule has 0 radical (unpaired) electrons. The summed E-state index contributed by atoms with van der Waals surface area (Å²) in [6.45, 7) is 6.91. The molecule has 1 aromatic rings. The molecule has 0 spiro atoms. The van der Waals surface area contributed by atoms with Gasteiger partial charge in [0.2, 0.25) is 0 Å². The number of nitrogens with zero attached hydrogens (tertiary/aromatic N) is 4. The van der Waals surface area contributed by atoms with Crippen LogP contribution in [0.5, 0.6) is 0 Å². The first-order valence-corrected chi connectivity index (χ1v) is 10.9. The Hall–Kier alpha value is -2.93. The fourth-order valence-electron chi connectivity index (χ4n) is 4.71. The number of ether oxygens (including phenoxy) is 1. The molecule has 0 bridgehead atoms. The zero-order chi connectivity index (χ0) is 21.8. The molecule has 0 saturated heterocycles. The fraction of sp³-hybridized carbons (Fsp3) is 0.458. The Bertz CT molecular complexity index is 1050. The molecule has 1 N–H and O–H groups in total. The van der Waals surface area contributed by atoms with Crippen LogP contribution in [0.4, 0.5) is 4.79 Å². The molecule has 5 rings (SSSR count). The van der Waals surface area contributed by atoms with Gasteiger partial charge in [-0.2, -0.15) is 0 Å². The van der Waals surface area contributed by atoms with Gasteiger partial charge >= 0.3 is 6.09 Å². The zero-order valence-corrected chi connectivity index (χ0v) is 18.6. The van der Waals surface area contributed by atoms with Gasteiger partial charge < -0.3 is 15.1 Å². The van der Waals surface area contributed by atoms with Crippen LogP contribution in [0.15, 0.2) is 52.3 Å². The molecule has 4 aliphatic rings. The first-order valence-electron chi connectivity index (χ1n) is 10.9. The first kappa shape index (κ1) is 20.0. The lowest BCUT2D eigenvalue weighted by Gasteiger charge is -2.35. The summed E-state index contributed by atoms with van der Waals surface area (Å²) < 4.78 is 5.53. The average Bonchev–Trinajstić information content (AvgIpc) is 2.97. The molecular weight excluding hydrogens is 390 g/mol. The number of rotatable bonds is 1. The predicted molar refractivity (Wildman–Crippen MR) is 120 cm³/mol. The molecule has 2 atom stereocenters. The van der Waals surface area contributed by atoms with Crippen LogP contribution >= 0.6 is 0 Å². The van der Waals surface area contributed by atoms with E-state index in [0.717, 1.165) is 35.5 Å². The third-order valence-electron chi connectivity index (χ3n) is 6.19. The van der Waals surface area contributed by atoms with E-state index in [0.29, 0.717) is 13.1 Å². The highest BCUT2D eigenvalue weighted by Gasteiger charge is 2.41. The van der Waals surface area contributed by atoms with E-state index in [1.807, 2.05) is 33.0 Å². The van der Waals surface area contributed by atoms with Crippen molar-refractivity contribution in [3.05, 3.63) is 58.6 Å². The summed E-state index contributed by atoms with van der Waals surface area (Å²) in [4.78, 5) is 24.1. The largest absolute Gasteiger partial charge is 0.444 e. The Kier molecular flexibility index (Phi) is 4.73. The Labute approximate surface area is 183 Å². The standard InChI is InChI=1S/C24H29N5O2/c1-24(2,3)31-23(30)29-12-9-15(10-13-29)18-14-19-20-17(27-28(19)4)8-7-16-6-5-11-25-21(16)22(20)26-18/h5-9,11,18-19,27H,10,12-14H2,1-4H3. The minimum atomic E-state index is -0.481. The summed E-state index contributed by atoms with van der Waals surface area (Å²) in [6.07, 6.45) is 9.72. The second-order valence-electron chi connectivity index (χ2n) is 9.53. The van der Waals surface area contributed by atoms with E-state index >= 15 is 0 Å². The number of hydrazine groups is 1. The highest BCUT2D eigenvalue weighted by Crippen LogP contribution is 2.37. The number of likely N-dealkylation sites (N-methyl/N-ethyl adjacent to an activating group) is 1. The van der Waals surface area contributed by atoms with E-state index in [-0.39, 0.29) is 18.2 Å². The minimum Gasteiger partial charge on any atom is -0.444 e. The number of allylic oxidation sites excluding steroid dienone is 1. The van der Waals surface area contributed by atoms with Crippen LogP contribution in [0, 0.1) is 0 Å². The third-order valence-corrected chi connectivity index (χ3v) is 6.19. The lowest BCUT2D eigenvalue weighted by Crippen LogP contribution is -2.43. The molecule has 4 heterocycles. The maximum absolute atomic E-state index is 12.4. The second-order valence-corrected chi connectivity index (χ2v) is 9.53. The van der Waals surface area contributed by atoms with Crippen LogP contribution < -0.4 is 5.43 Å². The van der Waals surface area contributed by atoms with E-state index in [1.54, 1.807) is 4.90 Å². The maximum Gasteiger partial charge on any atom is 0.410 e. The number of aromatic nitrogens is 1. The lowest BCUT2D eigenvalue weighted by atomic mass is 9.85. The minimum absolute atomic E-state index is 0.0843. The molecule has 0 aromatic carbocycles. The average molecular weight is 420 g/mol. The molecule has 0 saturated carbocycles. The highest BCUT2D eigenvalue weighted by atomic mass is 16.6. The van der Waals surface area contributed by atoms with Gasteiger partial charge in [0.15, 0.2) is 0 Å². The smallest absolute Gasteiger partial charge is 0.410 e. The van der Waals surface area contributed by atoms with Gasteiger partial charge in [-0.05, 0) is 51.3 Å². The Balaban J connectivity index is 1.44. The van der Waals surface area contributed by atoms with Crippen molar-refractivity contribution in [3.8, 4) is 0 Å². The molecular formula is C24H29N5O2. The molecule has 7 heteroatoms. The number of nitrogens with one attached hydrogen (secondary N) is 1. The normalized spacial score (nSPS) is 25.2. The van der Waals surface area contributed by atoms with Gasteiger partial charge in [-0.15, -0.1) is 0 Å². The van der Waals surface area contributed by atoms with Crippen molar-refractivity contribution < 1.29 is 9.53 Å². The maximum atomic E-state index is 12.4. The Morgan fingerprint density at radius 2 is 2.13 bits per heavy atom. The Morgan fingerprint density at radius 3 is 2.87 bits per heavy atom. The monoisotopic (exact) mass is 419 g/mol. The first-order chi connectivity index (χ1) is 14.8. The number of carbonyl (C=O) groups excluding carboxylic acids is 1. The van der Waals surface area contributed by atoms with Gasteiger partial charge in [-0.25, -0.2) is 9.80 Å². The van der Waals surface area contributed by atoms with Gasteiger partial charge in [-0.3, -0.25) is 9.98 Å². The molecule has 1 amide bonds. The third kappa shape index (κ3) is 3.67. The van der Waals surface area contributed by atoms with Crippen molar-refractivity contribution in [2.45, 2.75) is 51.3 Å². The lowest BCUT2D eigenvalue weighted by molar-refractivity contribution is 0.0264. The summed E-state index contributed by atoms with van der Waals surface area (Å²) in [5, 5.41) is 2.18. The number of hydrogen-bond acceptors (Lipinski definition) is 6. The van der Waals surface area contributed by atoms with Crippen molar-refractivity contribution in [2.24, 2.45) is 4.99 Å². The van der Waals surface area contributed by atoms with Crippen LogP contribution in [0.2, 0.25) is 0 Å². The second kappa shape index (κ2) is 7.34. The van der Waals surface area contributed by atoms with Crippen molar-refractivity contribution in [3.63, 3.8) is 0 Å². The number of carbonyl (C=O) groups is 1. The summed E-state index contributed by atoms with van der Waals surface area (Å²) >= 11 is 0. The summed E-state index contributed by atoms with van der Waals surface area (Å²) in [5.41, 5.74) is 9.68. The fourth-order valence-corrected chi connectivity index (χ4v) is 4.71. The summed E-state index contributed by atoms with van der Waals surface area (Å²) in [5.74, 6) is 0. The number of pyridine rings is 1. The van der Waals surface area contributed by atoms with Crippen LogP contribution in [0.1, 0.15) is 44.9 Å². The predicted octanol–water partition coefficient (Wildman–Crippen LogP) is 3.31. The molecule has 31 heavy (non-hydrogen) atoms. The molecule has 1 aliphatic carbocycles.